The van der Waals surface area contributed by atoms with Gasteiger partial charge in [-0.05, 0) is 25.8 Å². The quantitative estimate of drug-likeness (QED) is 0.619. The average molecular weight is 229 g/mol. The first-order valence-electron chi connectivity index (χ1n) is 6.26. The van der Waals surface area contributed by atoms with Crippen LogP contribution in [0.15, 0.2) is 5.76 Å². The summed E-state index contributed by atoms with van der Waals surface area (Å²) in [6.07, 6.45) is 4.53. The molecule has 0 N–H and O–H groups in total. The maximum atomic E-state index is 13.4. The van der Waals surface area contributed by atoms with Gasteiger partial charge in [0.2, 0.25) is 0 Å². The van der Waals surface area contributed by atoms with Crippen LogP contribution in [0.1, 0.15) is 51.9 Å². The predicted molar refractivity (Wildman–Crippen MR) is 61.5 cm³/mol. The van der Waals surface area contributed by atoms with Gasteiger partial charge in [0, 0.05) is 12.8 Å². The number of hydrogen-bond donors (Lipinski definition) is 0. The third kappa shape index (κ3) is 5.50. The molecule has 2 unspecified atom stereocenters. The Labute approximate surface area is 97.8 Å². The molecule has 0 aromatic heterocycles. The number of alkyl halides is 1. The number of halogens is 1. The van der Waals surface area contributed by atoms with E-state index in [0.717, 1.165) is 32.1 Å². The van der Waals surface area contributed by atoms with Gasteiger partial charge in [-0.2, -0.15) is 0 Å². The molecule has 0 spiro atoms. The molecule has 1 saturated heterocycles. The summed E-state index contributed by atoms with van der Waals surface area (Å²) in [6, 6.07) is 0. The van der Waals surface area contributed by atoms with Crippen LogP contribution in [0.5, 0.6) is 0 Å². The van der Waals surface area contributed by atoms with Crippen molar-refractivity contribution < 1.29 is 13.9 Å². The van der Waals surface area contributed by atoms with Crippen molar-refractivity contribution >= 4 is 0 Å². The van der Waals surface area contributed by atoms with E-state index in [1.807, 2.05) is 6.92 Å². The van der Waals surface area contributed by atoms with Crippen molar-refractivity contribution in [3.63, 3.8) is 0 Å². The smallest absolute Gasteiger partial charge is 0.199 e. The fourth-order valence-electron chi connectivity index (χ4n) is 1.77. The topological polar surface area (TPSA) is 18.5 Å². The summed E-state index contributed by atoms with van der Waals surface area (Å²) in [5.41, 5.74) is 0. The molecule has 0 saturated carbocycles. The highest BCUT2D eigenvalue weighted by Crippen LogP contribution is 2.20. The summed E-state index contributed by atoms with van der Waals surface area (Å²) < 4.78 is 24.1. The number of rotatable bonds is 7. The monoisotopic (exact) mass is 229 g/mol. The van der Waals surface area contributed by atoms with Crippen LogP contribution >= 0.6 is 0 Å². The van der Waals surface area contributed by atoms with Crippen LogP contribution in [0.2, 0.25) is 0 Å². The summed E-state index contributed by atoms with van der Waals surface area (Å²) in [7, 11) is 0. The third-order valence-electron chi connectivity index (χ3n) is 2.71. The maximum absolute atomic E-state index is 13.4. The zero-order valence-corrected chi connectivity index (χ0v) is 10.1. The molecule has 1 radical (unpaired) electrons. The molecule has 2 atom stereocenters. The minimum Gasteiger partial charge on any atom is -0.469 e. The largest absolute Gasteiger partial charge is 0.469 e. The fourth-order valence-corrected chi connectivity index (χ4v) is 1.77. The predicted octanol–water partition coefficient (Wildman–Crippen LogP) is 3.76. The Morgan fingerprint density at radius 2 is 2.38 bits per heavy atom. The Bertz CT molecular complexity index is 200. The molecule has 93 valence electrons. The number of allylic oxidation sites excluding steroid dienone is 1. The summed E-state index contributed by atoms with van der Waals surface area (Å²) in [5, 5.41) is 0. The first kappa shape index (κ1) is 13.5. The molecule has 0 aromatic rings. The Balaban J connectivity index is 2.13. The molecular formula is C13H22FO2. The molecule has 1 aliphatic heterocycles. The van der Waals surface area contributed by atoms with Crippen LogP contribution in [0, 0.1) is 6.58 Å². The van der Waals surface area contributed by atoms with Gasteiger partial charge in [0.25, 0.3) is 0 Å². The van der Waals surface area contributed by atoms with Gasteiger partial charge < -0.3 is 9.47 Å². The highest BCUT2D eigenvalue weighted by molar-refractivity contribution is 4.83. The molecule has 16 heavy (non-hydrogen) atoms. The molecule has 0 aromatic carbocycles. The fraction of sp³-hybridized carbons (Fsp3) is 0.846. The van der Waals surface area contributed by atoms with Crippen LogP contribution in [0.3, 0.4) is 0 Å². The SMILES string of the molecule is [CH]=C(CC(F)CCCC)OC1CCCCO1. The molecule has 0 aliphatic carbocycles. The zero-order chi connectivity index (χ0) is 11.8. The Kier molecular flexibility index (Phi) is 6.46. The minimum atomic E-state index is -0.886. The lowest BCUT2D eigenvalue weighted by molar-refractivity contribution is -0.141. The lowest BCUT2D eigenvalue weighted by atomic mass is 10.1. The summed E-state index contributed by atoms with van der Waals surface area (Å²) in [5.74, 6) is 0.274. The first-order chi connectivity index (χ1) is 7.72. The van der Waals surface area contributed by atoms with Gasteiger partial charge in [-0.3, -0.25) is 0 Å². The van der Waals surface area contributed by atoms with Crippen LogP contribution in [0.25, 0.3) is 0 Å². The van der Waals surface area contributed by atoms with Gasteiger partial charge in [-0.1, -0.05) is 19.8 Å². The standard InChI is InChI=1S/C13H22FO2/c1-3-4-7-12(14)10-11(2)16-13-8-5-6-9-15-13/h2,12-13H,3-10H2,1H3. The molecule has 1 rings (SSSR count). The molecule has 3 heteroatoms. The van der Waals surface area contributed by atoms with Crippen molar-refractivity contribution in [3.05, 3.63) is 12.3 Å². The van der Waals surface area contributed by atoms with Crippen molar-refractivity contribution in [3.8, 4) is 0 Å². The van der Waals surface area contributed by atoms with E-state index >= 15 is 0 Å². The lowest BCUT2D eigenvalue weighted by Crippen LogP contribution is -2.22. The number of unbranched alkanes of at least 4 members (excludes halogenated alkanes) is 1. The second kappa shape index (κ2) is 7.66. The van der Waals surface area contributed by atoms with Crippen LogP contribution in [-0.2, 0) is 9.47 Å². The van der Waals surface area contributed by atoms with Gasteiger partial charge in [0.05, 0.1) is 6.61 Å². The summed E-state index contributed by atoms with van der Waals surface area (Å²) >= 11 is 0. The number of hydrogen-bond acceptors (Lipinski definition) is 2. The van der Waals surface area contributed by atoms with E-state index in [0.29, 0.717) is 13.0 Å². The Morgan fingerprint density at radius 1 is 1.56 bits per heavy atom. The van der Waals surface area contributed by atoms with Gasteiger partial charge >= 0.3 is 0 Å². The van der Waals surface area contributed by atoms with Crippen molar-refractivity contribution in [1.82, 2.24) is 0 Å². The van der Waals surface area contributed by atoms with E-state index in [1.165, 1.54) is 0 Å². The van der Waals surface area contributed by atoms with Gasteiger partial charge in [0.1, 0.15) is 11.9 Å². The maximum Gasteiger partial charge on any atom is 0.199 e. The molecule has 1 fully saturated rings. The Hall–Kier alpha value is -0.570. The third-order valence-corrected chi connectivity index (χ3v) is 2.71. The minimum absolute atomic E-state index is 0.194. The molecule has 0 bridgehead atoms. The van der Waals surface area contributed by atoms with Crippen LogP contribution in [-0.4, -0.2) is 19.1 Å². The Morgan fingerprint density at radius 3 is 3.00 bits per heavy atom. The van der Waals surface area contributed by atoms with E-state index in [4.69, 9.17) is 16.1 Å². The van der Waals surface area contributed by atoms with E-state index in [-0.39, 0.29) is 18.5 Å². The van der Waals surface area contributed by atoms with Crippen LogP contribution < -0.4 is 0 Å². The molecule has 2 nitrogen and oxygen atoms in total. The van der Waals surface area contributed by atoms with Crippen molar-refractivity contribution in [2.75, 3.05) is 6.61 Å². The molecule has 1 aliphatic rings. The van der Waals surface area contributed by atoms with Crippen LogP contribution in [0.4, 0.5) is 4.39 Å². The van der Waals surface area contributed by atoms with Gasteiger partial charge in [0.15, 0.2) is 6.29 Å². The van der Waals surface area contributed by atoms with E-state index in [2.05, 4.69) is 0 Å². The van der Waals surface area contributed by atoms with E-state index in [1.54, 1.807) is 0 Å². The zero-order valence-electron chi connectivity index (χ0n) is 10.1. The molecule has 1 heterocycles. The van der Waals surface area contributed by atoms with Crippen molar-refractivity contribution in [2.24, 2.45) is 0 Å². The molecule has 0 amide bonds. The average Bonchev–Trinajstić information content (AvgIpc) is 2.27. The second-order valence-corrected chi connectivity index (χ2v) is 4.32. The van der Waals surface area contributed by atoms with Crippen molar-refractivity contribution in [1.29, 1.82) is 0 Å². The van der Waals surface area contributed by atoms with Gasteiger partial charge in [-0.25, -0.2) is 4.39 Å². The van der Waals surface area contributed by atoms with E-state index < -0.39 is 6.17 Å². The highest BCUT2D eigenvalue weighted by atomic mass is 19.1. The van der Waals surface area contributed by atoms with E-state index in [9.17, 15) is 4.39 Å². The first-order valence-corrected chi connectivity index (χ1v) is 6.26. The highest BCUT2D eigenvalue weighted by Gasteiger charge is 2.17. The lowest BCUT2D eigenvalue weighted by Gasteiger charge is -2.24. The second-order valence-electron chi connectivity index (χ2n) is 4.32. The van der Waals surface area contributed by atoms with Crippen molar-refractivity contribution in [2.45, 2.75) is 64.3 Å². The summed E-state index contributed by atoms with van der Waals surface area (Å²) in [6.45, 7) is 8.41. The molecular weight excluding hydrogens is 207 g/mol. The van der Waals surface area contributed by atoms with Gasteiger partial charge in [-0.15, -0.1) is 0 Å². The summed E-state index contributed by atoms with van der Waals surface area (Å²) in [4.78, 5) is 0. The number of ether oxygens (including phenoxy) is 2. The normalized spacial score (nSPS) is 22.8.